The fourth-order valence-electron chi connectivity index (χ4n) is 3.78. The van der Waals surface area contributed by atoms with Crippen molar-refractivity contribution in [2.24, 2.45) is 12.0 Å². The van der Waals surface area contributed by atoms with Crippen molar-refractivity contribution in [3.63, 3.8) is 0 Å². The minimum absolute atomic E-state index is 0.126. The molecule has 0 saturated heterocycles. The van der Waals surface area contributed by atoms with Gasteiger partial charge in [0, 0.05) is 13.2 Å². The molecule has 0 aromatic carbocycles. The fourth-order valence-corrected chi connectivity index (χ4v) is 4.86. The van der Waals surface area contributed by atoms with Crippen LogP contribution < -0.4 is 11.0 Å². The highest BCUT2D eigenvalue weighted by Crippen LogP contribution is 2.27. The van der Waals surface area contributed by atoms with E-state index in [1.54, 1.807) is 17.8 Å². The Kier molecular flexibility index (Phi) is 5.02. The normalized spacial score (nSPS) is 16.0. The summed E-state index contributed by atoms with van der Waals surface area (Å²) in [6.07, 6.45) is 9.08. The molecule has 1 aliphatic carbocycles. The summed E-state index contributed by atoms with van der Waals surface area (Å²) in [7, 11) is 1.67. The third-order valence-corrected chi connectivity index (χ3v) is 6.59. The zero-order chi connectivity index (χ0) is 19.8. The number of carbonyl (C=O) groups is 1. The first kappa shape index (κ1) is 18.8. The van der Waals surface area contributed by atoms with Crippen LogP contribution >= 0.6 is 11.3 Å². The minimum atomic E-state index is -0.155. The van der Waals surface area contributed by atoms with E-state index in [1.165, 1.54) is 41.5 Å². The van der Waals surface area contributed by atoms with E-state index in [4.69, 9.17) is 4.99 Å². The Morgan fingerprint density at radius 3 is 2.75 bits per heavy atom. The van der Waals surface area contributed by atoms with Gasteiger partial charge in [-0.3, -0.25) is 19.1 Å². The smallest absolute Gasteiger partial charge is 0.273 e. The van der Waals surface area contributed by atoms with Crippen molar-refractivity contribution in [3.8, 4) is 0 Å². The number of rotatable bonds is 2. The molecule has 3 heterocycles. The Hall–Kier alpha value is -2.54. The van der Waals surface area contributed by atoms with Crippen molar-refractivity contribution in [3.05, 3.63) is 56.5 Å². The van der Waals surface area contributed by atoms with Gasteiger partial charge in [-0.05, 0) is 49.9 Å². The first-order chi connectivity index (χ1) is 13.5. The number of nitrogens with zero attached hydrogens (tertiary/aromatic N) is 4. The first-order valence-corrected chi connectivity index (χ1v) is 10.5. The van der Waals surface area contributed by atoms with Crippen LogP contribution in [0.3, 0.4) is 0 Å². The van der Waals surface area contributed by atoms with Crippen molar-refractivity contribution in [2.45, 2.75) is 52.0 Å². The Labute approximate surface area is 167 Å². The van der Waals surface area contributed by atoms with Gasteiger partial charge in [0.1, 0.15) is 10.3 Å². The maximum absolute atomic E-state index is 13.4. The molecule has 0 radical (unpaired) electrons. The van der Waals surface area contributed by atoms with E-state index >= 15 is 0 Å². The van der Waals surface area contributed by atoms with Crippen LogP contribution in [0.2, 0.25) is 0 Å². The molecular formula is C21H24N4O2S. The second-order valence-electron chi connectivity index (χ2n) is 7.56. The van der Waals surface area contributed by atoms with Crippen LogP contribution in [0.25, 0.3) is 10.2 Å². The predicted octanol–water partition coefficient (Wildman–Crippen LogP) is 3.34. The Morgan fingerprint density at radius 2 is 2.00 bits per heavy atom. The van der Waals surface area contributed by atoms with Crippen LogP contribution in [-0.2, 0) is 7.05 Å². The molecule has 0 unspecified atom stereocenters. The highest BCUT2D eigenvalue weighted by molar-refractivity contribution is 7.20. The monoisotopic (exact) mass is 396 g/mol. The number of pyridine rings is 1. The van der Waals surface area contributed by atoms with E-state index in [9.17, 15) is 9.59 Å². The molecule has 1 fully saturated rings. The van der Waals surface area contributed by atoms with Crippen LogP contribution in [0, 0.1) is 13.8 Å². The number of aryl methyl sites for hydroxylation is 3. The van der Waals surface area contributed by atoms with Gasteiger partial charge in [-0.25, -0.2) is 4.98 Å². The number of carbonyl (C=O) groups excluding carboxylic acids is 1. The summed E-state index contributed by atoms with van der Waals surface area (Å²) >= 11 is 1.27. The summed E-state index contributed by atoms with van der Waals surface area (Å²) in [4.78, 5) is 36.2. The summed E-state index contributed by atoms with van der Waals surface area (Å²) in [5.41, 5.74) is 2.33. The molecule has 3 aromatic heterocycles. The topological polar surface area (TPSA) is 69.2 Å². The van der Waals surface area contributed by atoms with Crippen LogP contribution in [0.5, 0.6) is 0 Å². The van der Waals surface area contributed by atoms with Gasteiger partial charge < -0.3 is 4.57 Å². The van der Waals surface area contributed by atoms with Gasteiger partial charge in [-0.2, -0.15) is 0 Å². The van der Waals surface area contributed by atoms with Gasteiger partial charge in [-0.1, -0.05) is 19.3 Å². The zero-order valence-electron chi connectivity index (χ0n) is 16.4. The predicted molar refractivity (Wildman–Crippen MR) is 111 cm³/mol. The van der Waals surface area contributed by atoms with E-state index in [0.717, 1.165) is 18.4 Å². The maximum Gasteiger partial charge on any atom is 0.273 e. The Bertz CT molecular complexity index is 1180. The van der Waals surface area contributed by atoms with Crippen molar-refractivity contribution in [1.82, 2.24) is 14.1 Å². The lowest BCUT2D eigenvalue weighted by molar-refractivity contribution is 0.0958. The lowest BCUT2D eigenvalue weighted by atomic mass is 9.96. The maximum atomic E-state index is 13.4. The number of aromatic nitrogens is 3. The highest BCUT2D eigenvalue weighted by atomic mass is 32.1. The molecule has 6 nitrogen and oxygen atoms in total. The molecule has 0 aliphatic heterocycles. The first-order valence-electron chi connectivity index (χ1n) is 9.68. The SMILES string of the molecule is Cc1ccn(C(=O)c2sc3ncn(C)c(=O)c3c2C)c(=NC2CCCCC2)c1. The lowest BCUT2D eigenvalue weighted by Crippen LogP contribution is -2.29. The second kappa shape index (κ2) is 7.47. The average molecular weight is 397 g/mol. The molecular weight excluding hydrogens is 372 g/mol. The molecule has 0 atom stereocenters. The molecule has 0 bridgehead atoms. The molecule has 7 heteroatoms. The van der Waals surface area contributed by atoms with Crippen LogP contribution in [0.1, 0.15) is 52.9 Å². The largest absolute Gasteiger partial charge is 0.302 e. The molecule has 4 rings (SSSR count). The van der Waals surface area contributed by atoms with Gasteiger partial charge in [0.2, 0.25) is 0 Å². The van der Waals surface area contributed by atoms with E-state index < -0.39 is 0 Å². The molecule has 1 saturated carbocycles. The van der Waals surface area contributed by atoms with Gasteiger partial charge in [0.05, 0.1) is 22.6 Å². The van der Waals surface area contributed by atoms with Gasteiger partial charge >= 0.3 is 0 Å². The van der Waals surface area contributed by atoms with E-state index in [-0.39, 0.29) is 17.5 Å². The van der Waals surface area contributed by atoms with Crippen molar-refractivity contribution in [2.75, 3.05) is 0 Å². The fraction of sp³-hybridized carbons (Fsp3) is 0.429. The number of hydrogen-bond acceptors (Lipinski definition) is 5. The van der Waals surface area contributed by atoms with Crippen LogP contribution in [-0.4, -0.2) is 26.1 Å². The lowest BCUT2D eigenvalue weighted by Gasteiger charge is -2.18. The minimum Gasteiger partial charge on any atom is -0.302 e. The number of thiophene rings is 1. The molecule has 28 heavy (non-hydrogen) atoms. The van der Waals surface area contributed by atoms with Crippen LogP contribution in [0.4, 0.5) is 0 Å². The molecule has 0 N–H and O–H groups in total. The van der Waals surface area contributed by atoms with E-state index in [0.29, 0.717) is 26.1 Å². The summed E-state index contributed by atoms with van der Waals surface area (Å²) in [6, 6.07) is 4.15. The molecule has 146 valence electrons. The molecule has 1 aliphatic rings. The zero-order valence-corrected chi connectivity index (χ0v) is 17.3. The van der Waals surface area contributed by atoms with E-state index in [1.807, 2.05) is 26.0 Å². The second-order valence-corrected chi connectivity index (χ2v) is 8.55. The van der Waals surface area contributed by atoms with Crippen molar-refractivity contribution < 1.29 is 4.79 Å². The van der Waals surface area contributed by atoms with Crippen LogP contribution in [0.15, 0.2) is 34.4 Å². The average Bonchev–Trinajstić information content (AvgIpc) is 3.02. The standard InChI is InChI=1S/C21H24N4O2S/c1-13-9-10-25(16(11-13)23-15-7-5-4-6-8-15)21(27)18-14(2)17-19(28-18)22-12-24(3)20(17)26/h9-12,15H,4-8H2,1-3H3. The molecule has 0 spiro atoms. The van der Waals surface area contributed by atoms with Gasteiger partial charge in [0.15, 0.2) is 0 Å². The van der Waals surface area contributed by atoms with Crippen molar-refractivity contribution >= 4 is 27.5 Å². The Morgan fingerprint density at radius 1 is 1.25 bits per heavy atom. The third kappa shape index (κ3) is 3.35. The third-order valence-electron chi connectivity index (χ3n) is 5.40. The summed E-state index contributed by atoms with van der Waals surface area (Å²) < 4.78 is 3.06. The van der Waals surface area contributed by atoms with Crippen molar-refractivity contribution in [1.29, 1.82) is 0 Å². The van der Waals surface area contributed by atoms with E-state index in [2.05, 4.69) is 4.98 Å². The Balaban J connectivity index is 1.84. The summed E-state index contributed by atoms with van der Waals surface area (Å²) in [5.74, 6) is -0.155. The number of hydrogen-bond donors (Lipinski definition) is 0. The molecule has 0 amide bonds. The summed E-state index contributed by atoms with van der Waals surface area (Å²) in [5, 5.41) is 0.525. The quantitative estimate of drug-likeness (QED) is 0.667. The number of fused-ring (bicyclic) bond motifs is 1. The molecule has 3 aromatic rings. The van der Waals surface area contributed by atoms with Gasteiger partial charge in [-0.15, -0.1) is 11.3 Å². The van der Waals surface area contributed by atoms with Gasteiger partial charge in [0.25, 0.3) is 11.5 Å². The summed E-state index contributed by atoms with van der Waals surface area (Å²) in [6.45, 7) is 3.83. The highest BCUT2D eigenvalue weighted by Gasteiger charge is 2.21.